The van der Waals surface area contributed by atoms with E-state index in [2.05, 4.69) is 25.4 Å². The zero-order chi connectivity index (χ0) is 23.9. The van der Waals surface area contributed by atoms with Crippen LogP contribution in [-0.2, 0) is 12.7 Å². The molecule has 182 valence electrons. The summed E-state index contributed by atoms with van der Waals surface area (Å²) in [6.45, 7) is 0.990. The smallest absolute Gasteiger partial charge is 0.433 e. The number of alkyl halides is 5. The van der Waals surface area contributed by atoms with Gasteiger partial charge in [-0.25, -0.2) is 28.4 Å². The largest absolute Gasteiger partial charge is 0.474 e. The monoisotopic (exact) mass is 482 g/mol. The van der Waals surface area contributed by atoms with Crippen LogP contribution in [0.3, 0.4) is 0 Å². The molecule has 12 heteroatoms. The molecule has 7 nitrogen and oxygen atoms in total. The molecule has 0 bridgehead atoms. The molecule has 4 heterocycles. The van der Waals surface area contributed by atoms with Crippen LogP contribution in [0.5, 0.6) is 5.88 Å². The molecular formula is C22H23F5N6O. The SMILES string of the molecule is FC(F)Cn1ncc2ncc(C3C(Oc4cccc(C(F)(F)F)n4)CCC34CCNCC4)nc21. The van der Waals surface area contributed by atoms with Crippen molar-refractivity contribution in [2.45, 2.75) is 56.9 Å². The number of aromatic nitrogens is 5. The summed E-state index contributed by atoms with van der Waals surface area (Å²) >= 11 is 0. The third-order valence-electron chi connectivity index (χ3n) is 6.84. The zero-order valence-electron chi connectivity index (χ0n) is 18.1. The number of piperidine rings is 1. The normalized spacial score (nSPS) is 22.6. The van der Waals surface area contributed by atoms with Gasteiger partial charge in [-0.15, -0.1) is 0 Å². The molecule has 3 aromatic heterocycles. The Morgan fingerprint density at radius 2 is 1.91 bits per heavy atom. The van der Waals surface area contributed by atoms with Gasteiger partial charge in [-0.05, 0) is 50.3 Å². The highest BCUT2D eigenvalue weighted by Crippen LogP contribution is 2.55. The Balaban J connectivity index is 1.52. The number of rotatable bonds is 5. The first-order valence-electron chi connectivity index (χ1n) is 11.1. The maximum Gasteiger partial charge on any atom is 0.433 e. The number of nitrogens with one attached hydrogen (secondary N) is 1. The first-order valence-corrected chi connectivity index (χ1v) is 11.1. The van der Waals surface area contributed by atoms with E-state index in [4.69, 9.17) is 4.74 Å². The lowest BCUT2D eigenvalue weighted by Gasteiger charge is -2.40. The molecule has 2 fully saturated rings. The van der Waals surface area contributed by atoms with Crippen LogP contribution in [0, 0.1) is 5.41 Å². The number of fused-ring (bicyclic) bond motifs is 1. The van der Waals surface area contributed by atoms with Crippen molar-refractivity contribution in [1.82, 2.24) is 30.0 Å². The van der Waals surface area contributed by atoms with E-state index in [0.717, 1.165) is 43.1 Å². The van der Waals surface area contributed by atoms with Gasteiger partial charge in [0.2, 0.25) is 5.88 Å². The topological polar surface area (TPSA) is 77.8 Å². The Bertz CT molecular complexity index is 1160. The molecule has 0 aromatic carbocycles. The van der Waals surface area contributed by atoms with Crippen LogP contribution in [0.25, 0.3) is 11.2 Å². The summed E-state index contributed by atoms with van der Waals surface area (Å²) in [6.07, 6.45) is -1.57. The predicted octanol–water partition coefficient (Wildman–Crippen LogP) is 4.20. The molecule has 5 rings (SSSR count). The van der Waals surface area contributed by atoms with Crippen molar-refractivity contribution in [2.75, 3.05) is 13.1 Å². The fourth-order valence-corrected chi connectivity index (χ4v) is 5.33. The Labute approximate surface area is 191 Å². The van der Waals surface area contributed by atoms with Gasteiger partial charge in [0.1, 0.15) is 23.9 Å². The molecule has 0 amide bonds. The Morgan fingerprint density at radius 3 is 2.65 bits per heavy atom. The second kappa shape index (κ2) is 8.71. The second-order valence-electron chi connectivity index (χ2n) is 8.87. The van der Waals surface area contributed by atoms with Crippen LogP contribution in [0.4, 0.5) is 22.0 Å². The van der Waals surface area contributed by atoms with Gasteiger partial charge in [0.25, 0.3) is 6.43 Å². The Kier molecular flexibility index (Phi) is 5.86. The standard InChI is InChI=1S/C22H23F5N6O/c23-17(24)12-33-20-14(11-30-33)29-10-13(31-20)19-15(4-5-21(19)6-8-28-9-7-21)34-18-3-1-2-16(32-18)22(25,26)27/h1-3,10-11,15,17,19,28H,4-9,12H2. The molecule has 2 unspecified atom stereocenters. The number of nitrogens with zero attached hydrogens (tertiary/aromatic N) is 5. The predicted molar refractivity (Wildman–Crippen MR) is 111 cm³/mol. The van der Waals surface area contributed by atoms with Crippen LogP contribution in [0.15, 0.2) is 30.6 Å². The van der Waals surface area contributed by atoms with Crippen molar-refractivity contribution in [3.05, 3.63) is 42.0 Å². The molecule has 0 radical (unpaired) electrons. The molecule has 2 aliphatic rings. The fourth-order valence-electron chi connectivity index (χ4n) is 5.33. The first-order chi connectivity index (χ1) is 16.2. The lowest BCUT2D eigenvalue weighted by Crippen LogP contribution is -2.41. The van der Waals surface area contributed by atoms with Crippen molar-refractivity contribution in [3.8, 4) is 5.88 Å². The molecule has 1 aliphatic heterocycles. The molecule has 1 saturated heterocycles. The van der Waals surface area contributed by atoms with Gasteiger partial charge in [-0.2, -0.15) is 18.3 Å². The lowest BCUT2D eigenvalue weighted by molar-refractivity contribution is -0.141. The summed E-state index contributed by atoms with van der Waals surface area (Å²) in [4.78, 5) is 12.7. The maximum atomic E-state index is 13.1. The minimum atomic E-state index is -4.58. The summed E-state index contributed by atoms with van der Waals surface area (Å²) in [5.74, 6) is -0.384. The van der Waals surface area contributed by atoms with Crippen LogP contribution >= 0.6 is 0 Å². The maximum absolute atomic E-state index is 13.1. The summed E-state index contributed by atoms with van der Waals surface area (Å²) in [7, 11) is 0. The first kappa shape index (κ1) is 22.9. The van der Waals surface area contributed by atoms with Crippen molar-refractivity contribution >= 4 is 11.2 Å². The van der Waals surface area contributed by atoms with Crippen molar-refractivity contribution in [3.63, 3.8) is 0 Å². The summed E-state index contributed by atoms with van der Waals surface area (Å²) < 4.78 is 72.7. The van der Waals surface area contributed by atoms with E-state index in [1.54, 1.807) is 6.20 Å². The van der Waals surface area contributed by atoms with E-state index in [9.17, 15) is 22.0 Å². The van der Waals surface area contributed by atoms with E-state index >= 15 is 0 Å². The summed E-state index contributed by atoms with van der Waals surface area (Å²) in [5, 5.41) is 7.32. The van der Waals surface area contributed by atoms with Crippen LogP contribution < -0.4 is 10.1 Å². The number of ether oxygens (including phenoxy) is 1. The van der Waals surface area contributed by atoms with Crippen LogP contribution in [0.2, 0.25) is 0 Å². The van der Waals surface area contributed by atoms with Crippen LogP contribution in [-0.4, -0.2) is 50.4 Å². The van der Waals surface area contributed by atoms with Gasteiger partial charge < -0.3 is 10.1 Å². The minimum absolute atomic E-state index is 0.104. The zero-order valence-corrected chi connectivity index (χ0v) is 18.1. The molecule has 2 atom stereocenters. The van der Waals surface area contributed by atoms with Gasteiger partial charge in [0.15, 0.2) is 5.65 Å². The third kappa shape index (κ3) is 4.30. The molecular weight excluding hydrogens is 459 g/mol. The molecule has 1 N–H and O–H groups in total. The number of halogens is 5. The average Bonchev–Trinajstić information content (AvgIpc) is 3.34. The molecule has 1 saturated carbocycles. The quantitative estimate of drug-likeness (QED) is 0.550. The number of hydrogen-bond donors (Lipinski definition) is 1. The Morgan fingerprint density at radius 1 is 1.12 bits per heavy atom. The molecule has 1 spiro atoms. The van der Waals surface area contributed by atoms with E-state index in [1.807, 2.05) is 0 Å². The van der Waals surface area contributed by atoms with E-state index in [-0.39, 0.29) is 22.9 Å². The van der Waals surface area contributed by atoms with Gasteiger partial charge in [-0.1, -0.05) is 6.07 Å². The minimum Gasteiger partial charge on any atom is -0.474 e. The fraction of sp³-hybridized carbons (Fsp3) is 0.545. The van der Waals surface area contributed by atoms with E-state index in [0.29, 0.717) is 17.6 Å². The highest BCUT2D eigenvalue weighted by Gasteiger charge is 2.51. The van der Waals surface area contributed by atoms with E-state index in [1.165, 1.54) is 18.3 Å². The highest BCUT2D eigenvalue weighted by atomic mass is 19.4. The van der Waals surface area contributed by atoms with Crippen LogP contribution in [0.1, 0.15) is 43.0 Å². The summed E-state index contributed by atoms with van der Waals surface area (Å²) in [6, 6.07) is 3.58. The molecule has 3 aromatic rings. The average molecular weight is 482 g/mol. The second-order valence-corrected chi connectivity index (χ2v) is 8.87. The van der Waals surface area contributed by atoms with Crippen molar-refractivity contribution in [2.24, 2.45) is 5.41 Å². The van der Waals surface area contributed by atoms with Gasteiger partial charge in [0.05, 0.1) is 11.9 Å². The molecule has 34 heavy (non-hydrogen) atoms. The highest BCUT2D eigenvalue weighted by molar-refractivity contribution is 5.69. The summed E-state index contributed by atoms with van der Waals surface area (Å²) in [5.41, 5.74) is 0.0182. The number of pyridine rings is 1. The lowest BCUT2D eigenvalue weighted by atomic mass is 9.69. The van der Waals surface area contributed by atoms with Crippen molar-refractivity contribution < 1.29 is 26.7 Å². The molecule has 1 aliphatic carbocycles. The number of hydrogen-bond acceptors (Lipinski definition) is 6. The van der Waals surface area contributed by atoms with Gasteiger partial charge in [-0.3, -0.25) is 0 Å². The van der Waals surface area contributed by atoms with Gasteiger partial charge in [0, 0.05) is 18.2 Å². The Hall–Kier alpha value is -2.89. The third-order valence-corrected chi connectivity index (χ3v) is 6.84. The van der Waals surface area contributed by atoms with Crippen molar-refractivity contribution in [1.29, 1.82) is 0 Å². The van der Waals surface area contributed by atoms with Gasteiger partial charge >= 0.3 is 6.18 Å². The van der Waals surface area contributed by atoms with E-state index < -0.39 is 30.9 Å².